The molecular weight excluding hydrogens is 422 g/mol. The molecule has 0 aliphatic carbocycles. The second-order valence-electron chi connectivity index (χ2n) is 8.28. The number of aromatic nitrogens is 6. The maximum Gasteiger partial charge on any atom is 0.275 e. The largest absolute Gasteiger partial charge is 0.493 e. The van der Waals surface area contributed by atoms with Crippen molar-refractivity contribution in [3.05, 3.63) is 53.9 Å². The highest BCUT2D eigenvalue weighted by Gasteiger charge is 2.44. The van der Waals surface area contributed by atoms with Gasteiger partial charge in [-0.1, -0.05) is 0 Å². The van der Waals surface area contributed by atoms with Gasteiger partial charge in [0.1, 0.15) is 11.5 Å². The van der Waals surface area contributed by atoms with Gasteiger partial charge in [-0.3, -0.25) is 4.79 Å². The first-order valence-corrected chi connectivity index (χ1v) is 10.7. The van der Waals surface area contributed by atoms with Crippen LogP contribution in [0, 0.1) is 6.92 Å². The number of carbonyl (C=O) groups excluding carboxylic acids is 1. The number of nitrogens with one attached hydrogen (secondary N) is 1. The van der Waals surface area contributed by atoms with Crippen LogP contribution in [0.25, 0.3) is 16.7 Å². The average Bonchev–Trinajstić information content (AvgIpc) is 3.57. The molecule has 1 saturated heterocycles. The Bertz CT molecular complexity index is 1290. The molecule has 1 fully saturated rings. The van der Waals surface area contributed by atoms with Crippen molar-refractivity contribution in [2.45, 2.75) is 32.2 Å². The van der Waals surface area contributed by atoms with E-state index >= 15 is 0 Å². The summed E-state index contributed by atoms with van der Waals surface area (Å²) >= 11 is 0. The maximum absolute atomic E-state index is 13.8. The van der Waals surface area contributed by atoms with E-state index in [1.165, 1.54) is 4.80 Å². The van der Waals surface area contributed by atoms with Crippen LogP contribution in [0.15, 0.2) is 36.7 Å². The van der Waals surface area contributed by atoms with Crippen molar-refractivity contribution in [3.63, 3.8) is 0 Å². The van der Waals surface area contributed by atoms with Crippen LogP contribution in [0.5, 0.6) is 11.5 Å². The van der Waals surface area contributed by atoms with E-state index < -0.39 is 5.54 Å². The summed E-state index contributed by atoms with van der Waals surface area (Å²) in [6.45, 7) is 4.49. The first kappa shape index (κ1) is 20.9. The number of carbonyl (C=O) groups is 1. The maximum atomic E-state index is 13.8. The standard InChI is InChI=1S/C23H25N7O3/c1-14-6-7-17(30-24-9-10-25-30)20(26-14)21(31)29-11-5-8-23(29,2)22-27-15-12-18(32-3)19(33-4)13-16(15)28-22/h6-7,9-10,12-13H,5,8,11H2,1-4H3,(H,27,28). The molecule has 3 aromatic heterocycles. The monoisotopic (exact) mass is 447 g/mol. The highest BCUT2D eigenvalue weighted by Crippen LogP contribution is 2.40. The number of hydrogen-bond donors (Lipinski definition) is 1. The number of nitrogens with zero attached hydrogens (tertiary/aromatic N) is 6. The van der Waals surface area contributed by atoms with Crippen LogP contribution in [0.4, 0.5) is 0 Å². The Morgan fingerprint density at radius 2 is 1.82 bits per heavy atom. The van der Waals surface area contributed by atoms with E-state index in [1.807, 2.05) is 43.0 Å². The molecule has 5 rings (SSSR count). The lowest BCUT2D eigenvalue weighted by molar-refractivity contribution is 0.0599. The lowest BCUT2D eigenvalue weighted by atomic mass is 9.97. The van der Waals surface area contributed by atoms with Gasteiger partial charge in [0, 0.05) is 24.4 Å². The molecular formula is C23H25N7O3. The first-order valence-electron chi connectivity index (χ1n) is 10.7. The number of methoxy groups -OCH3 is 2. The van der Waals surface area contributed by atoms with Crippen molar-refractivity contribution >= 4 is 16.9 Å². The number of ether oxygens (including phenoxy) is 2. The number of hydrogen-bond acceptors (Lipinski definition) is 7. The zero-order valence-corrected chi connectivity index (χ0v) is 19.0. The number of likely N-dealkylation sites (tertiary alicyclic amines) is 1. The Hall–Kier alpha value is -3.95. The summed E-state index contributed by atoms with van der Waals surface area (Å²) < 4.78 is 10.8. The zero-order chi connectivity index (χ0) is 23.2. The molecule has 0 spiro atoms. The van der Waals surface area contributed by atoms with E-state index in [0.717, 1.165) is 29.6 Å². The molecule has 0 saturated carbocycles. The van der Waals surface area contributed by atoms with Crippen molar-refractivity contribution < 1.29 is 14.3 Å². The summed E-state index contributed by atoms with van der Waals surface area (Å²) in [5, 5.41) is 8.39. The molecule has 0 radical (unpaired) electrons. The Morgan fingerprint density at radius 1 is 1.09 bits per heavy atom. The Morgan fingerprint density at radius 3 is 2.55 bits per heavy atom. The van der Waals surface area contributed by atoms with Gasteiger partial charge in [-0.25, -0.2) is 9.97 Å². The van der Waals surface area contributed by atoms with Crippen LogP contribution in [-0.2, 0) is 5.54 Å². The zero-order valence-electron chi connectivity index (χ0n) is 19.0. The van der Waals surface area contributed by atoms with Gasteiger partial charge in [-0.2, -0.15) is 10.2 Å². The molecule has 1 atom stereocenters. The lowest BCUT2D eigenvalue weighted by Gasteiger charge is -2.33. The van der Waals surface area contributed by atoms with Crippen molar-refractivity contribution in [2.75, 3.05) is 20.8 Å². The fourth-order valence-corrected chi connectivity index (χ4v) is 4.46. The Balaban J connectivity index is 1.57. The minimum absolute atomic E-state index is 0.179. The molecule has 4 aromatic rings. The van der Waals surface area contributed by atoms with Gasteiger partial charge in [0.25, 0.3) is 5.91 Å². The number of H-pyrrole nitrogens is 1. The molecule has 1 aliphatic rings. The topological polar surface area (TPSA) is 111 Å². The SMILES string of the molecule is COc1cc2nc(C3(C)CCCN3C(=O)c3nc(C)ccc3-n3nccn3)[nH]c2cc1OC. The van der Waals surface area contributed by atoms with Crippen LogP contribution in [0.2, 0.25) is 0 Å². The Labute approximate surface area is 190 Å². The molecule has 1 unspecified atom stereocenters. The molecule has 10 heteroatoms. The summed E-state index contributed by atoms with van der Waals surface area (Å²) in [6.07, 6.45) is 4.77. The second kappa shape index (κ2) is 7.88. The number of benzene rings is 1. The number of fused-ring (bicyclic) bond motifs is 1. The third kappa shape index (κ3) is 3.38. The van der Waals surface area contributed by atoms with Crippen LogP contribution >= 0.6 is 0 Å². The van der Waals surface area contributed by atoms with E-state index in [2.05, 4.69) is 20.2 Å². The number of pyridine rings is 1. The quantitative estimate of drug-likeness (QED) is 0.501. The number of aryl methyl sites for hydroxylation is 1. The van der Waals surface area contributed by atoms with Gasteiger partial charge in [0.2, 0.25) is 0 Å². The van der Waals surface area contributed by atoms with E-state index in [4.69, 9.17) is 14.5 Å². The fourth-order valence-electron chi connectivity index (χ4n) is 4.46. The normalized spacial score (nSPS) is 18.1. The van der Waals surface area contributed by atoms with Gasteiger partial charge in [-0.05, 0) is 38.8 Å². The third-order valence-electron chi connectivity index (χ3n) is 6.23. The number of imidazole rings is 1. The summed E-state index contributed by atoms with van der Waals surface area (Å²) in [7, 11) is 3.19. The molecule has 1 aliphatic heterocycles. The van der Waals surface area contributed by atoms with Gasteiger partial charge >= 0.3 is 0 Å². The highest BCUT2D eigenvalue weighted by molar-refractivity contribution is 5.96. The summed E-state index contributed by atoms with van der Waals surface area (Å²) in [5.41, 5.74) is 2.55. The number of amides is 1. The van der Waals surface area contributed by atoms with E-state index in [9.17, 15) is 4.79 Å². The minimum atomic E-state index is -0.628. The predicted octanol–water partition coefficient (Wildman–Crippen LogP) is 3.02. The van der Waals surface area contributed by atoms with Crippen molar-refractivity contribution in [3.8, 4) is 17.2 Å². The first-order chi connectivity index (χ1) is 15.9. The minimum Gasteiger partial charge on any atom is -0.493 e. The molecule has 1 N–H and O–H groups in total. The van der Waals surface area contributed by atoms with Gasteiger partial charge in [-0.15, -0.1) is 4.80 Å². The molecule has 33 heavy (non-hydrogen) atoms. The van der Waals surface area contributed by atoms with Crippen LogP contribution in [0.3, 0.4) is 0 Å². The van der Waals surface area contributed by atoms with E-state index in [0.29, 0.717) is 35.2 Å². The van der Waals surface area contributed by atoms with Crippen molar-refractivity contribution in [2.24, 2.45) is 0 Å². The smallest absolute Gasteiger partial charge is 0.275 e. The van der Waals surface area contributed by atoms with Crippen molar-refractivity contribution in [1.29, 1.82) is 0 Å². The summed E-state index contributed by atoms with van der Waals surface area (Å²) in [4.78, 5) is 29.9. The van der Waals surface area contributed by atoms with Crippen LogP contribution < -0.4 is 9.47 Å². The van der Waals surface area contributed by atoms with Gasteiger partial charge in [0.05, 0.1) is 43.2 Å². The predicted molar refractivity (Wildman–Crippen MR) is 121 cm³/mol. The molecule has 0 bridgehead atoms. The van der Waals surface area contributed by atoms with Crippen LogP contribution in [-0.4, -0.2) is 61.5 Å². The second-order valence-corrected chi connectivity index (χ2v) is 8.28. The number of rotatable bonds is 5. The third-order valence-corrected chi connectivity index (χ3v) is 6.23. The number of aromatic amines is 1. The summed E-state index contributed by atoms with van der Waals surface area (Å²) in [6, 6.07) is 7.36. The van der Waals surface area contributed by atoms with Crippen molar-refractivity contribution in [1.82, 2.24) is 34.8 Å². The lowest BCUT2D eigenvalue weighted by Crippen LogP contribution is -2.44. The summed E-state index contributed by atoms with van der Waals surface area (Å²) in [5.74, 6) is 1.75. The van der Waals surface area contributed by atoms with Crippen LogP contribution in [0.1, 0.15) is 41.8 Å². The molecule has 4 heterocycles. The Kier molecular flexibility index (Phi) is 4.99. The highest BCUT2D eigenvalue weighted by atomic mass is 16.5. The van der Waals surface area contributed by atoms with E-state index in [1.54, 1.807) is 26.6 Å². The van der Waals surface area contributed by atoms with Gasteiger partial charge < -0.3 is 19.4 Å². The fraction of sp³-hybridized carbons (Fsp3) is 0.348. The van der Waals surface area contributed by atoms with Gasteiger partial charge in [0.15, 0.2) is 17.2 Å². The average molecular weight is 447 g/mol. The molecule has 10 nitrogen and oxygen atoms in total. The molecule has 170 valence electrons. The molecule has 1 aromatic carbocycles. The molecule has 1 amide bonds. The van der Waals surface area contributed by atoms with E-state index in [-0.39, 0.29) is 5.91 Å².